The zero-order valence-corrected chi connectivity index (χ0v) is 13.3. The number of thiazole rings is 1. The predicted octanol–water partition coefficient (Wildman–Crippen LogP) is 2.85. The lowest BCUT2D eigenvalue weighted by Crippen LogP contribution is -2.20. The van der Waals surface area contributed by atoms with Gasteiger partial charge in [0.25, 0.3) is 0 Å². The molecule has 2 rings (SSSR count). The van der Waals surface area contributed by atoms with Crippen LogP contribution >= 0.6 is 11.3 Å². The number of aromatic nitrogens is 1. The van der Waals surface area contributed by atoms with E-state index in [4.69, 9.17) is 0 Å². The van der Waals surface area contributed by atoms with Crippen molar-refractivity contribution >= 4 is 29.0 Å². The summed E-state index contributed by atoms with van der Waals surface area (Å²) in [5, 5.41) is 5.72. The van der Waals surface area contributed by atoms with Crippen LogP contribution in [0, 0.1) is 6.92 Å². The fraction of sp³-hybridized carbons (Fsp3) is 0.250. The maximum atomic E-state index is 11.7. The van der Waals surface area contributed by atoms with Crippen LogP contribution in [-0.2, 0) is 11.3 Å². The van der Waals surface area contributed by atoms with E-state index >= 15 is 0 Å². The first-order valence-corrected chi connectivity index (χ1v) is 7.57. The smallest absolute Gasteiger partial charge is 0.244 e. The Labute approximate surface area is 129 Å². The number of aryl methyl sites for hydroxylation is 1. The van der Waals surface area contributed by atoms with Gasteiger partial charge in [-0.1, -0.05) is 12.1 Å². The van der Waals surface area contributed by atoms with Gasteiger partial charge in [-0.15, -0.1) is 11.3 Å². The monoisotopic (exact) mass is 301 g/mol. The summed E-state index contributed by atoms with van der Waals surface area (Å²) < 4.78 is 0. The largest absolute Gasteiger partial charge is 0.378 e. The van der Waals surface area contributed by atoms with Gasteiger partial charge >= 0.3 is 0 Å². The summed E-state index contributed by atoms with van der Waals surface area (Å²) in [5.41, 5.74) is 3.12. The molecule has 1 aromatic carbocycles. The molecule has 0 saturated carbocycles. The number of hydrogen-bond donors (Lipinski definition) is 1. The number of rotatable bonds is 5. The molecular weight excluding hydrogens is 282 g/mol. The Morgan fingerprint density at radius 1 is 1.33 bits per heavy atom. The summed E-state index contributed by atoms with van der Waals surface area (Å²) >= 11 is 1.56. The van der Waals surface area contributed by atoms with Crippen molar-refractivity contribution < 1.29 is 4.79 Å². The topological polar surface area (TPSA) is 45.2 Å². The lowest BCUT2D eigenvalue weighted by atomic mass is 10.2. The highest BCUT2D eigenvalue weighted by Crippen LogP contribution is 2.13. The van der Waals surface area contributed by atoms with Gasteiger partial charge in [-0.25, -0.2) is 4.98 Å². The molecule has 1 aromatic heterocycles. The summed E-state index contributed by atoms with van der Waals surface area (Å²) in [6.07, 6.45) is 3.35. The van der Waals surface area contributed by atoms with Gasteiger partial charge in [0.1, 0.15) is 5.01 Å². The summed E-state index contributed by atoms with van der Waals surface area (Å²) in [4.78, 5) is 18.1. The highest BCUT2D eigenvalue weighted by atomic mass is 32.1. The number of anilines is 1. The molecule has 0 saturated heterocycles. The second-order valence-corrected chi connectivity index (χ2v) is 5.86. The Kier molecular flexibility index (Phi) is 5.11. The van der Waals surface area contributed by atoms with E-state index in [0.717, 1.165) is 22.0 Å². The molecule has 5 heteroatoms. The van der Waals surface area contributed by atoms with Crippen molar-refractivity contribution in [3.05, 3.63) is 52.0 Å². The minimum atomic E-state index is -0.112. The van der Waals surface area contributed by atoms with E-state index < -0.39 is 0 Å². The first-order chi connectivity index (χ1) is 10.0. The van der Waals surface area contributed by atoms with E-state index in [1.807, 2.05) is 61.6 Å². The molecule has 4 nitrogen and oxygen atoms in total. The molecule has 0 aliphatic heterocycles. The number of nitrogens with one attached hydrogen (secondary N) is 1. The lowest BCUT2D eigenvalue weighted by molar-refractivity contribution is -0.116. The van der Waals surface area contributed by atoms with E-state index in [2.05, 4.69) is 10.3 Å². The van der Waals surface area contributed by atoms with Crippen LogP contribution in [0.1, 0.15) is 16.3 Å². The van der Waals surface area contributed by atoms with Crippen molar-refractivity contribution in [3.63, 3.8) is 0 Å². The summed E-state index contributed by atoms with van der Waals surface area (Å²) in [6.45, 7) is 2.42. The van der Waals surface area contributed by atoms with Crippen LogP contribution in [0.2, 0.25) is 0 Å². The average molecular weight is 301 g/mol. The van der Waals surface area contributed by atoms with Crippen LogP contribution in [0.5, 0.6) is 0 Å². The van der Waals surface area contributed by atoms with Crippen LogP contribution < -0.4 is 10.2 Å². The van der Waals surface area contributed by atoms with Crippen molar-refractivity contribution in [2.45, 2.75) is 13.5 Å². The Hall–Kier alpha value is -2.14. The van der Waals surface area contributed by atoms with Crippen molar-refractivity contribution in [1.82, 2.24) is 10.3 Å². The van der Waals surface area contributed by atoms with Crippen LogP contribution in [0.25, 0.3) is 6.08 Å². The van der Waals surface area contributed by atoms with Crippen LogP contribution in [0.3, 0.4) is 0 Å². The fourth-order valence-corrected chi connectivity index (χ4v) is 2.47. The van der Waals surface area contributed by atoms with E-state index in [0.29, 0.717) is 6.54 Å². The van der Waals surface area contributed by atoms with E-state index in [-0.39, 0.29) is 5.91 Å². The highest BCUT2D eigenvalue weighted by Gasteiger charge is 2.00. The molecule has 21 heavy (non-hydrogen) atoms. The van der Waals surface area contributed by atoms with E-state index in [1.54, 1.807) is 17.4 Å². The SMILES string of the molecule is Cc1csc(CNC(=O)/C=C\c2ccc(N(C)C)cc2)n1. The molecule has 0 unspecified atom stereocenters. The molecule has 0 aliphatic carbocycles. The standard InChI is InChI=1S/C16H19N3OS/c1-12-11-21-16(18-12)10-17-15(20)9-6-13-4-7-14(8-5-13)19(2)3/h4-9,11H,10H2,1-3H3,(H,17,20)/b9-6-. The number of amides is 1. The van der Waals surface area contributed by atoms with Crippen LogP contribution in [-0.4, -0.2) is 25.0 Å². The number of carbonyl (C=O) groups is 1. The van der Waals surface area contributed by atoms with Gasteiger partial charge in [-0.2, -0.15) is 0 Å². The third kappa shape index (κ3) is 4.72. The number of nitrogens with zero attached hydrogens (tertiary/aromatic N) is 2. The third-order valence-electron chi connectivity index (χ3n) is 2.92. The van der Waals surface area contributed by atoms with Gasteiger partial charge in [-0.3, -0.25) is 4.79 Å². The summed E-state index contributed by atoms with van der Waals surface area (Å²) in [6, 6.07) is 8.03. The minimum Gasteiger partial charge on any atom is -0.378 e. The number of benzene rings is 1. The number of hydrogen-bond acceptors (Lipinski definition) is 4. The first kappa shape index (κ1) is 15.3. The van der Waals surface area contributed by atoms with Gasteiger partial charge < -0.3 is 10.2 Å². The molecule has 0 aliphatic rings. The Balaban J connectivity index is 1.86. The molecule has 0 fully saturated rings. The quantitative estimate of drug-likeness (QED) is 0.864. The fourth-order valence-electron chi connectivity index (χ4n) is 1.76. The average Bonchev–Trinajstić information content (AvgIpc) is 2.89. The Morgan fingerprint density at radius 3 is 2.62 bits per heavy atom. The molecule has 1 heterocycles. The molecular formula is C16H19N3OS. The molecule has 0 atom stereocenters. The lowest BCUT2D eigenvalue weighted by Gasteiger charge is -2.11. The Bertz CT molecular complexity index is 629. The third-order valence-corrected chi connectivity index (χ3v) is 3.88. The van der Waals surface area contributed by atoms with Gasteiger partial charge in [0.15, 0.2) is 0 Å². The van der Waals surface area contributed by atoms with Crippen LogP contribution in [0.15, 0.2) is 35.7 Å². The molecule has 0 spiro atoms. The van der Waals surface area contributed by atoms with Gasteiger partial charge in [-0.05, 0) is 30.7 Å². The first-order valence-electron chi connectivity index (χ1n) is 6.69. The van der Waals surface area contributed by atoms with Gasteiger partial charge in [0.05, 0.1) is 6.54 Å². The summed E-state index contributed by atoms with van der Waals surface area (Å²) in [7, 11) is 4.00. The van der Waals surface area contributed by atoms with Crippen LogP contribution in [0.4, 0.5) is 5.69 Å². The van der Waals surface area contributed by atoms with Gasteiger partial charge in [0, 0.05) is 36.9 Å². The van der Waals surface area contributed by atoms with Crippen molar-refractivity contribution in [2.75, 3.05) is 19.0 Å². The maximum Gasteiger partial charge on any atom is 0.244 e. The highest BCUT2D eigenvalue weighted by molar-refractivity contribution is 7.09. The molecule has 0 radical (unpaired) electrons. The Morgan fingerprint density at radius 2 is 2.05 bits per heavy atom. The van der Waals surface area contributed by atoms with Gasteiger partial charge in [0.2, 0.25) is 5.91 Å². The van der Waals surface area contributed by atoms with E-state index in [1.165, 1.54) is 0 Å². The molecule has 0 bridgehead atoms. The second-order valence-electron chi connectivity index (χ2n) is 4.92. The predicted molar refractivity (Wildman–Crippen MR) is 88.5 cm³/mol. The van der Waals surface area contributed by atoms with Crippen molar-refractivity contribution in [1.29, 1.82) is 0 Å². The molecule has 1 amide bonds. The normalized spacial score (nSPS) is 10.8. The van der Waals surface area contributed by atoms with E-state index in [9.17, 15) is 4.79 Å². The van der Waals surface area contributed by atoms with Crippen molar-refractivity contribution in [3.8, 4) is 0 Å². The summed E-state index contributed by atoms with van der Waals surface area (Å²) in [5.74, 6) is -0.112. The minimum absolute atomic E-state index is 0.112. The molecule has 110 valence electrons. The maximum absolute atomic E-state index is 11.7. The second kappa shape index (κ2) is 7.04. The van der Waals surface area contributed by atoms with Crippen molar-refractivity contribution in [2.24, 2.45) is 0 Å². The molecule has 1 N–H and O–H groups in total. The zero-order valence-electron chi connectivity index (χ0n) is 12.5. The molecule has 2 aromatic rings. The zero-order chi connectivity index (χ0) is 15.2. The number of carbonyl (C=O) groups excluding carboxylic acids is 1.